The second-order valence-electron chi connectivity index (χ2n) is 4.53. The van der Waals surface area contributed by atoms with Gasteiger partial charge in [0.15, 0.2) is 0 Å². The molecule has 0 aliphatic carbocycles. The Kier molecular flexibility index (Phi) is 3.90. The molecule has 0 spiro atoms. The van der Waals surface area contributed by atoms with Crippen LogP contribution in [0.3, 0.4) is 0 Å². The quantitative estimate of drug-likeness (QED) is 0.818. The smallest absolute Gasteiger partial charge is 0.220 e. The van der Waals surface area contributed by atoms with Gasteiger partial charge in [-0.3, -0.25) is 0 Å². The molecule has 0 aromatic carbocycles. The number of likely N-dealkylation sites (N-methyl/N-ethyl adjacent to an activating group) is 1. The summed E-state index contributed by atoms with van der Waals surface area (Å²) in [5, 5.41) is 8.21. The van der Waals surface area contributed by atoms with E-state index < -0.39 is 0 Å². The summed E-state index contributed by atoms with van der Waals surface area (Å²) in [6, 6.07) is 0. The van der Waals surface area contributed by atoms with Gasteiger partial charge in [0.25, 0.3) is 0 Å². The van der Waals surface area contributed by atoms with Crippen molar-refractivity contribution in [3.63, 3.8) is 0 Å². The fourth-order valence-corrected chi connectivity index (χ4v) is 2.15. The van der Waals surface area contributed by atoms with Crippen LogP contribution < -0.4 is 5.73 Å². The lowest BCUT2D eigenvalue weighted by molar-refractivity contribution is 0.228. The van der Waals surface area contributed by atoms with Crippen molar-refractivity contribution in [1.29, 1.82) is 0 Å². The summed E-state index contributed by atoms with van der Waals surface area (Å²) in [7, 11) is 2.14. The third-order valence-electron chi connectivity index (χ3n) is 3.05. The maximum absolute atomic E-state index is 5.67. The Morgan fingerprint density at radius 3 is 3.12 bits per heavy atom. The average molecular weight is 224 g/mol. The molecule has 0 radical (unpaired) electrons. The fourth-order valence-electron chi connectivity index (χ4n) is 2.15. The van der Waals surface area contributed by atoms with Crippen LogP contribution in [0.15, 0.2) is 4.42 Å². The number of hydrogen-bond acceptors (Lipinski definition) is 5. The molecule has 1 aromatic heterocycles. The molecular formula is C11H20N4O. The zero-order valence-corrected chi connectivity index (χ0v) is 9.85. The van der Waals surface area contributed by atoms with Crippen LogP contribution in [0, 0.1) is 0 Å². The number of rotatable bonds is 4. The molecule has 1 aliphatic rings. The SMILES string of the molecule is CN1CCCC(c2nnc(CCCN)o2)C1. The first kappa shape index (κ1) is 11.5. The highest BCUT2D eigenvalue weighted by molar-refractivity contribution is 4.95. The molecule has 1 unspecified atom stereocenters. The summed E-state index contributed by atoms with van der Waals surface area (Å²) < 4.78 is 5.67. The van der Waals surface area contributed by atoms with Crippen LogP contribution in [0.25, 0.3) is 0 Å². The van der Waals surface area contributed by atoms with E-state index in [-0.39, 0.29) is 0 Å². The Balaban J connectivity index is 1.95. The van der Waals surface area contributed by atoms with E-state index in [0.717, 1.165) is 37.6 Å². The summed E-state index contributed by atoms with van der Waals surface area (Å²) in [5.41, 5.74) is 5.45. The van der Waals surface area contributed by atoms with Crippen molar-refractivity contribution in [3.05, 3.63) is 11.8 Å². The molecule has 0 amide bonds. The molecule has 2 heterocycles. The summed E-state index contributed by atoms with van der Waals surface area (Å²) in [6.45, 7) is 2.87. The number of aromatic nitrogens is 2. The van der Waals surface area contributed by atoms with Crippen LogP contribution in [0.1, 0.15) is 37.0 Å². The average Bonchev–Trinajstić information content (AvgIpc) is 2.75. The first-order valence-electron chi connectivity index (χ1n) is 6.00. The minimum absolute atomic E-state index is 0.415. The molecule has 1 fully saturated rings. The van der Waals surface area contributed by atoms with Crippen molar-refractivity contribution in [2.45, 2.75) is 31.6 Å². The zero-order valence-electron chi connectivity index (χ0n) is 9.85. The minimum atomic E-state index is 0.415. The van der Waals surface area contributed by atoms with Crippen LogP contribution in [0.5, 0.6) is 0 Å². The Bertz CT molecular complexity index is 326. The van der Waals surface area contributed by atoms with Gasteiger partial charge in [0.2, 0.25) is 11.8 Å². The van der Waals surface area contributed by atoms with Crippen molar-refractivity contribution in [2.75, 3.05) is 26.7 Å². The molecule has 5 nitrogen and oxygen atoms in total. The van der Waals surface area contributed by atoms with E-state index in [1.54, 1.807) is 0 Å². The van der Waals surface area contributed by atoms with Crippen LogP contribution in [-0.2, 0) is 6.42 Å². The van der Waals surface area contributed by atoms with Gasteiger partial charge in [0.1, 0.15) is 0 Å². The van der Waals surface area contributed by atoms with E-state index in [0.29, 0.717) is 12.5 Å². The van der Waals surface area contributed by atoms with Gasteiger partial charge >= 0.3 is 0 Å². The van der Waals surface area contributed by atoms with Gasteiger partial charge in [0, 0.05) is 13.0 Å². The monoisotopic (exact) mass is 224 g/mol. The predicted molar refractivity (Wildman–Crippen MR) is 61.1 cm³/mol. The molecule has 2 rings (SSSR count). The molecule has 0 saturated carbocycles. The summed E-state index contributed by atoms with van der Waals surface area (Å²) in [5.74, 6) is 1.95. The maximum atomic E-state index is 5.67. The Labute approximate surface area is 96.0 Å². The summed E-state index contributed by atoms with van der Waals surface area (Å²) in [4.78, 5) is 2.32. The molecule has 0 bridgehead atoms. The Hall–Kier alpha value is -0.940. The highest BCUT2D eigenvalue weighted by atomic mass is 16.4. The largest absolute Gasteiger partial charge is 0.425 e. The van der Waals surface area contributed by atoms with E-state index in [2.05, 4.69) is 22.1 Å². The van der Waals surface area contributed by atoms with Gasteiger partial charge in [-0.1, -0.05) is 0 Å². The van der Waals surface area contributed by atoms with Crippen molar-refractivity contribution in [3.8, 4) is 0 Å². The molecule has 90 valence electrons. The third-order valence-corrected chi connectivity index (χ3v) is 3.05. The maximum Gasteiger partial charge on any atom is 0.220 e. The molecule has 5 heteroatoms. The number of nitrogens with zero attached hydrogens (tertiary/aromatic N) is 3. The van der Waals surface area contributed by atoms with Gasteiger partial charge in [-0.15, -0.1) is 10.2 Å². The first-order valence-corrected chi connectivity index (χ1v) is 6.00. The Morgan fingerprint density at radius 1 is 1.50 bits per heavy atom. The topological polar surface area (TPSA) is 68.2 Å². The normalized spacial score (nSPS) is 22.5. The number of nitrogens with two attached hydrogens (primary N) is 1. The summed E-state index contributed by atoms with van der Waals surface area (Å²) >= 11 is 0. The van der Waals surface area contributed by atoms with Crippen LogP contribution in [0.2, 0.25) is 0 Å². The van der Waals surface area contributed by atoms with Gasteiger partial charge in [0.05, 0.1) is 5.92 Å². The molecule has 1 aromatic rings. The lowest BCUT2D eigenvalue weighted by Crippen LogP contribution is -2.30. The van der Waals surface area contributed by atoms with Crippen molar-refractivity contribution in [1.82, 2.24) is 15.1 Å². The molecule has 16 heavy (non-hydrogen) atoms. The standard InChI is InChI=1S/C11H20N4O/c1-15-7-3-4-9(8-15)11-14-13-10(16-11)5-2-6-12/h9H,2-8,12H2,1H3. The number of hydrogen-bond donors (Lipinski definition) is 1. The van der Waals surface area contributed by atoms with Crippen molar-refractivity contribution in [2.24, 2.45) is 5.73 Å². The van der Waals surface area contributed by atoms with Gasteiger partial charge in [-0.25, -0.2) is 0 Å². The Morgan fingerprint density at radius 2 is 2.38 bits per heavy atom. The second-order valence-corrected chi connectivity index (χ2v) is 4.53. The van der Waals surface area contributed by atoms with Crippen molar-refractivity contribution >= 4 is 0 Å². The highest BCUT2D eigenvalue weighted by Crippen LogP contribution is 2.25. The molecule has 1 saturated heterocycles. The second kappa shape index (κ2) is 5.41. The van der Waals surface area contributed by atoms with Gasteiger partial charge in [-0.05, 0) is 39.4 Å². The third kappa shape index (κ3) is 2.80. The van der Waals surface area contributed by atoms with Crippen LogP contribution in [0.4, 0.5) is 0 Å². The van der Waals surface area contributed by atoms with Crippen molar-refractivity contribution < 1.29 is 4.42 Å². The highest BCUT2D eigenvalue weighted by Gasteiger charge is 2.23. The van der Waals surface area contributed by atoms with E-state index in [1.165, 1.54) is 13.0 Å². The van der Waals surface area contributed by atoms with E-state index in [9.17, 15) is 0 Å². The van der Waals surface area contributed by atoms with Gasteiger partial charge < -0.3 is 15.1 Å². The van der Waals surface area contributed by atoms with E-state index >= 15 is 0 Å². The number of piperidine rings is 1. The lowest BCUT2D eigenvalue weighted by Gasteiger charge is -2.27. The predicted octanol–water partition coefficient (Wildman–Crippen LogP) is 0.770. The fraction of sp³-hybridized carbons (Fsp3) is 0.818. The molecule has 1 atom stereocenters. The minimum Gasteiger partial charge on any atom is -0.425 e. The van der Waals surface area contributed by atoms with E-state index in [4.69, 9.17) is 10.2 Å². The molecule has 1 aliphatic heterocycles. The zero-order chi connectivity index (χ0) is 11.4. The van der Waals surface area contributed by atoms with Gasteiger partial charge in [-0.2, -0.15) is 0 Å². The van der Waals surface area contributed by atoms with E-state index in [1.807, 2.05) is 0 Å². The first-order chi connectivity index (χ1) is 7.79. The lowest BCUT2D eigenvalue weighted by atomic mass is 9.99. The van der Waals surface area contributed by atoms with Crippen LogP contribution >= 0.6 is 0 Å². The molecule has 2 N–H and O–H groups in total. The molecular weight excluding hydrogens is 204 g/mol. The number of aryl methyl sites for hydroxylation is 1. The number of likely N-dealkylation sites (tertiary alicyclic amines) is 1. The van der Waals surface area contributed by atoms with Crippen LogP contribution in [-0.4, -0.2) is 41.8 Å². The summed E-state index contributed by atoms with van der Waals surface area (Å²) in [6.07, 6.45) is 4.07.